The van der Waals surface area contributed by atoms with E-state index in [0.717, 1.165) is 6.42 Å². The van der Waals surface area contributed by atoms with Crippen LogP contribution in [0.5, 0.6) is 5.75 Å². The second-order valence-corrected chi connectivity index (χ2v) is 13.0. The number of rotatable bonds is 8. The third kappa shape index (κ3) is 5.53. The lowest BCUT2D eigenvalue weighted by atomic mass is 9.48. The SMILES string of the molecule is C=C(C)C(=O)Oc1ccc(I)c(C(=O)OC23CC4CC(C2)CC(C(=O)OCC(F)(F)S(=O)(=O)O)(C4)C3)c1. The monoisotopic (exact) mass is 654 g/mol. The average molecular weight is 654 g/mol. The second-order valence-electron chi connectivity index (χ2n) is 10.3. The molecule has 4 aliphatic carbocycles. The molecule has 4 saturated carbocycles. The van der Waals surface area contributed by atoms with E-state index >= 15 is 0 Å². The lowest BCUT2D eigenvalue weighted by Crippen LogP contribution is -2.60. The Hall–Kier alpha value is -2.13. The van der Waals surface area contributed by atoms with Crippen molar-refractivity contribution in [2.24, 2.45) is 17.3 Å². The van der Waals surface area contributed by atoms with E-state index < -0.39 is 50.9 Å². The van der Waals surface area contributed by atoms with Crippen molar-refractivity contribution >= 4 is 50.6 Å². The minimum atomic E-state index is -5.75. The predicted octanol–water partition coefficient (Wildman–Crippen LogP) is 4.29. The molecule has 1 N–H and O–H groups in total. The Morgan fingerprint density at radius 3 is 2.38 bits per heavy atom. The van der Waals surface area contributed by atoms with Crippen LogP contribution in [0.25, 0.3) is 0 Å². The Morgan fingerprint density at radius 1 is 1.19 bits per heavy atom. The molecule has 1 aromatic carbocycles. The van der Waals surface area contributed by atoms with Crippen molar-refractivity contribution in [3.8, 4) is 5.75 Å². The molecule has 0 amide bonds. The number of benzene rings is 1. The number of alkyl halides is 2. The fourth-order valence-corrected chi connectivity index (χ4v) is 6.85. The summed E-state index contributed by atoms with van der Waals surface area (Å²) in [7, 11) is -5.75. The molecule has 0 radical (unpaired) electrons. The highest BCUT2D eigenvalue weighted by molar-refractivity contribution is 14.1. The first-order valence-corrected chi connectivity index (χ1v) is 14.0. The summed E-state index contributed by atoms with van der Waals surface area (Å²) in [5.41, 5.74) is -1.89. The summed E-state index contributed by atoms with van der Waals surface area (Å²) in [6.45, 7) is 3.20. The molecule has 0 heterocycles. The van der Waals surface area contributed by atoms with E-state index in [-0.39, 0.29) is 35.1 Å². The van der Waals surface area contributed by atoms with E-state index in [2.05, 4.69) is 6.58 Å². The van der Waals surface area contributed by atoms with Crippen molar-refractivity contribution in [1.82, 2.24) is 0 Å². The molecule has 4 aliphatic rings. The topological polar surface area (TPSA) is 133 Å². The van der Waals surface area contributed by atoms with Crippen molar-refractivity contribution in [2.45, 2.75) is 56.3 Å². The first-order chi connectivity index (χ1) is 17.0. The minimum Gasteiger partial charge on any atom is -0.458 e. The van der Waals surface area contributed by atoms with Crippen LogP contribution in [0.2, 0.25) is 0 Å². The van der Waals surface area contributed by atoms with Crippen molar-refractivity contribution in [3.63, 3.8) is 0 Å². The van der Waals surface area contributed by atoms with Gasteiger partial charge in [0, 0.05) is 15.6 Å². The maximum atomic E-state index is 13.7. The first kappa shape index (κ1) is 27.9. The standard InChI is InChI=1S/C24H25F2IO9S/c1-13(2)19(28)35-16-3-4-18(27)17(6-16)20(29)36-23-9-14-5-15(10-23)8-22(7-14,11-23)21(30)34-12-24(25,26)37(31,32)33/h3-4,6,14-15H,1,5,7-12H2,2H3,(H,31,32,33). The molecule has 0 aromatic heterocycles. The van der Waals surface area contributed by atoms with Gasteiger partial charge in [0.05, 0.1) is 11.0 Å². The van der Waals surface area contributed by atoms with Crippen molar-refractivity contribution in [2.75, 3.05) is 6.61 Å². The van der Waals surface area contributed by atoms with Crippen LogP contribution in [0, 0.1) is 20.8 Å². The predicted molar refractivity (Wildman–Crippen MR) is 132 cm³/mol. The largest absolute Gasteiger partial charge is 0.458 e. The van der Waals surface area contributed by atoms with Gasteiger partial charge in [-0.3, -0.25) is 9.35 Å². The van der Waals surface area contributed by atoms with E-state index in [0.29, 0.717) is 29.3 Å². The van der Waals surface area contributed by atoms with Gasteiger partial charge in [-0.1, -0.05) is 6.58 Å². The van der Waals surface area contributed by atoms with Gasteiger partial charge in [0.25, 0.3) is 0 Å². The molecule has 5 rings (SSSR count). The summed E-state index contributed by atoms with van der Waals surface area (Å²) in [5, 5.41) is -4.63. The van der Waals surface area contributed by atoms with Crippen molar-refractivity contribution < 1.29 is 50.3 Å². The Bertz CT molecular complexity index is 1260. The fourth-order valence-electron chi connectivity index (χ4n) is 6.08. The molecule has 37 heavy (non-hydrogen) atoms. The molecule has 1 aromatic rings. The van der Waals surface area contributed by atoms with Crippen LogP contribution >= 0.6 is 22.6 Å². The summed E-state index contributed by atoms with van der Waals surface area (Å²) >= 11 is 1.95. The van der Waals surface area contributed by atoms with Crippen molar-refractivity contribution in [1.29, 1.82) is 0 Å². The maximum absolute atomic E-state index is 13.7. The van der Waals surface area contributed by atoms with Crippen LogP contribution in [0.15, 0.2) is 30.4 Å². The van der Waals surface area contributed by atoms with E-state index in [4.69, 9.17) is 18.8 Å². The third-order valence-electron chi connectivity index (χ3n) is 7.22. The molecular formula is C24H25F2IO9S. The Balaban J connectivity index is 1.53. The molecule has 2 unspecified atom stereocenters. The molecule has 202 valence electrons. The van der Waals surface area contributed by atoms with Gasteiger partial charge in [-0.2, -0.15) is 17.2 Å². The summed E-state index contributed by atoms with van der Waals surface area (Å²) in [6.07, 6.45) is 2.53. The number of hydrogen-bond acceptors (Lipinski definition) is 8. The van der Waals surface area contributed by atoms with Crippen molar-refractivity contribution in [3.05, 3.63) is 39.5 Å². The minimum absolute atomic E-state index is 0.00869. The first-order valence-electron chi connectivity index (χ1n) is 11.5. The van der Waals surface area contributed by atoms with E-state index in [1.165, 1.54) is 19.1 Å². The van der Waals surface area contributed by atoms with Gasteiger partial charge in [0.2, 0.25) is 0 Å². The van der Waals surface area contributed by atoms with E-state index in [1.807, 2.05) is 22.6 Å². The average Bonchev–Trinajstić information content (AvgIpc) is 2.76. The molecule has 4 fully saturated rings. The Labute approximate surface area is 225 Å². The lowest BCUT2D eigenvalue weighted by molar-refractivity contribution is -0.200. The zero-order chi connectivity index (χ0) is 27.4. The number of carbonyl (C=O) groups is 3. The maximum Gasteiger partial charge on any atom is 0.402 e. The van der Waals surface area contributed by atoms with Gasteiger partial charge >= 0.3 is 33.3 Å². The van der Waals surface area contributed by atoms with Crippen LogP contribution in [0.1, 0.15) is 55.8 Å². The van der Waals surface area contributed by atoms with Gasteiger partial charge in [-0.15, -0.1) is 0 Å². The van der Waals surface area contributed by atoms with E-state index in [1.54, 1.807) is 6.07 Å². The number of carbonyl (C=O) groups excluding carboxylic acids is 3. The zero-order valence-corrected chi connectivity index (χ0v) is 22.8. The molecule has 13 heteroatoms. The highest BCUT2D eigenvalue weighted by Gasteiger charge is 2.63. The molecule has 0 saturated heterocycles. The number of ether oxygens (including phenoxy) is 3. The van der Waals surface area contributed by atoms with Gasteiger partial charge in [-0.05, 0) is 91.7 Å². The summed E-state index contributed by atoms with van der Waals surface area (Å²) in [5.74, 6) is -2.21. The van der Waals surface area contributed by atoms with Gasteiger partial charge in [0.1, 0.15) is 11.4 Å². The lowest BCUT2D eigenvalue weighted by Gasteiger charge is -2.59. The normalized spacial score (nSPS) is 28.5. The highest BCUT2D eigenvalue weighted by atomic mass is 127. The van der Waals surface area contributed by atoms with Crippen LogP contribution < -0.4 is 4.74 Å². The van der Waals surface area contributed by atoms with Gasteiger partial charge in [-0.25, -0.2) is 9.59 Å². The molecule has 9 nitrogen and oxygen atoms in total. The molecule has 0 aliphatic heterocycles. The van der Waals surface area contributed by atoms with Gasteiger partial charge < -0.3 is 14.2 Å². The number of esters is 3. The quantitative estimate of drug-likeness (QED) is 0.143. The Morgan fingerprint density at radius 2 is 1.81 bits per heavy atom. The van der Waals surface area contributed by atoms with Crippen LogP contribution in [-0.2, 0) is 29.2 Å². The summed E-state index contributed by atoms with van der Waals surface area (Å²) < 4.78 is 74.3. The second kappa shape index (κ2) is 9.56. The Kier molecular flexibility index (Phi) is 7.21. The highest BCUT2D eigenvalue weighted by Crippen LogP contribution is 2.63. The zero-order valence-electron chi connectivity index (χ0n) is 19.8. The van der Waals surface area contributed by atoms with Crippen LogP contribution in [0.3, 0.4) is 0 Å². The smallest absolute Gasteiger partial charge is 0.402 e. The van der Waals surface area contributed by atoms with Gasteiger partial charge in [0.15, 0.2) is 6.61 Å². The van der Waals surface area contributed by atoms with Crippen LogP contribution in [-0.4, -0.2) is 48.3 Å². The molecule has 0 spiro atoms. The van der Waals surface area contributed by atoms with E-state index in [9.17, 15) is 31.6 Å². The number of hydrogen-bond donors (Lipinski definition) is 1. The summed E-state index contributed by atoms with van der Waals surface area (Å²) in [6, 6.07) is 4.50. The fraction of sp³-hybridized carbons (Fsp3) is 0.542. The molecule has 2 atom stereocenters. The van der Waals surface area contributed by atoms with Crippen LogP contribution in [0.4, 0.5) is 8.78 Å². The summed E-state index contributed by atoms with van der Waals surface area (Å²) in [4.78, 5) is 38.1. The molecule has 4 bridgehead atoms. The number of halogens is 3. The third-order valence-corrected chi connectivity index (χ3v) is 9.03. The molecular weight excluding hydrogens is 629 g/mol.